The highest BCUT2D eigenvalue weighted by atomic mass is 16.5. The molecule has 0 fully saturated rings. The number of hydrogen-bond donors (Lipinski definition) is 6. The van der Waals surface area contributed by atoms with E-state index in [2.05, 4.69) is 6.92 Å². The number of aliphatic hydroxyl groups is 6. The largest absolute Gasteiger partial charge is 0.465 e. The zero-order valence-electron chi connectivity index (χ0n) is 13.5. The van der Waals surface area contributed by atoms with E-state index in [1.54, 1.807) is 0 Å². The molecule has 0 aliphatic heterocycles. The number of aliphatic hydroxyl groups excluding tert-OH is 6. The van der Waals surface area contributed by atoms with Crippen molar-refractivity contribution in [2.45, 2.75) is 63.4 Å². The van der Waals surface area contributed by atoms with E-state index in [0.717, 1.165) is 25.7 Å². The molecule has 0 aliphatic rings. The fraction of sp³-hybridized carbons (Fsp3) is 0.933. The number of carbonyl (C=O) groups excluding carboxylic acids is 1. The Kier molecular flexibility index (Phi) is 12.2. The van der Waals surface area contributed by atoms with Crippen LogP contribution in [-0.2, 0) is 9.53 Å². The number of unbranched alkanes of at least 4 members (excludes halogenated alkanes) is 4. The van der Waals surface area contributed by atoms with Crippen LogP contribution in [0.2, 0.25) is 0 Å². The van der Waals surface area contributed by atoms with Crippen molar-refractivity contribution in [1.82, 2.24) is 0 Å². The predicted octanol–water partition coefficient (Wildman–Crippen LogP) is -1.46. The van der Waals surface area contributed by atoms with Crippen LogP contribution in [-0.4, -0.2) is 80.8 Å². The van der Waals surface area contributed by atoms with Gasteiger partial charge in [0.05, 0.1) is 32.0 Å². The van der Waals surface area contributed by atoms with Gasteiger partial charge in [0, 0.05) is 0 Å². The minimum absolute atomic E-state index is 0.0998. The molecular formula is C15H30O8. The van der Waals surface area contributed by atoms with Gasteiger partial charge < -0.3 is 35.4 Å². The summed E-state index contributed by atoms with van der Waals surface area (Å²) in [6, 6.07) is 0. The van der Waals surface area contributed by atoms with Crippen LogP contribution < -0.4 is 0 Å². The van der Waals surface area contributed by atoms with Gasteiger partial charge in [-0.2, -0.15) is 0 Å². The Bertz CT molecular complexity index is 312. The summed E-state index contributed by atoms with van der Waals surface area (Å²) in [7, 11) is 0. The van der Waals surface area contributed by atoms with Crippen LogP contribution >= 0.6 is 0 Å². The van der Waals surface area contributed by atoms with Crippen molar-refractivity contribution in [3.8, 4) is 0 Å². The molecule has 0 bridgehead atoms. The predicted molar refractivity (Wildman–Crippen MR) is 81.4 cm³/mol. The second-order valence-corrected chi connectivity index (χ2v) is 5.59. The molecule has 0 aromatic rings. The third-order valence-corrected chi connectivity index (χ3v) is 3.67. The van der Waals surface area contributed by atoms with E-state index in [1.807, 2.05) is 0 Å². The molecule has 0 saturated heterocycles. The SMILES string of the molecule is CCCCCCCOC(=O)C([C@@H](O)C(O)[C@@H](O)CO)[C@@H](O)CO. The monoisotopic (exact) mass is 338 g/mol. The highest BCUT2D eigenvalue weighted by Gasteiger charge is 2.40. The van der Waals surface area contributed by atoms with Crippen molar-refractivity contribution < 1.29 is 40.2 Å². The number of hydrogen-bond acceptors (Lipinski definition) is 8. The summed E-state index contributed by atoms with van der Waals surface area (Å²) in [5.41, 5.74) is 0. The molecule has 0 aromatic carbocycles. The van der Waals surface area contributed by atoms with E-state index in [-0.39, 0.29) is 6.61 Å². The Morgan fingerprint density at radius 2 is 1.43 bits per heavy atom. The van der Waals surface area contributed by atoms with Gasteiger partial charge in [0.2, 0.25) is 0 Å². The Hall–Kier alpha value is -0.770. The normalized spacial score (nSPS) is 18.0. The molecule has 0 spiro atoms. The van der Waals surface area contributed by atoms with Gasteiger partial charge in [-0.15, -0.1) is 0 Å². The zero-order valence-corrected chi connectivity index (χ0v) is 13.5. The summed E-state index contributed by atoms with van der Waals surface area (Å²) in [5.74, 6) is -2.59. The van der Waals surface area contributed by atoms with Gasteiger partial charge in [-0.05, 0) is 6.42 Å². The Morgan fingerprint density at radius 1 is 0.870 bits per heavy atom. The van der Waals surface area contributed by atoms with Crippen LogP contribution in [0, 0.1) is 5.92 Å². The summed E-state index contributed by atoms with van der Waals surface area (Å²) in [5, 5.41) is 56.3. The molecule has 0 radical (unpaired) electrons. The minimum Gasteiger partial charge on any atom is -0.465 e. The fourth-order valence-corrected chi connectivity index (χ4v) is 2.16. The molecule has 8 heteroatoms. The lowest BCUT2D eigenvalue weighted by Crippen LogP contribution is -2.51. The van der Waals surface area contributed by atoms with E-state index in [0.29, 0.717) is 6.42 Å². The van der Waals surface area contributed by atoms with Gasteiger partial charge in [0.1, 0.15) is 18.1 Å². The first kappa shape index (κ1) is 22.2. The standard InChI is InChI=1S/C15H30O8/c1-2-3-4-5-6-7-23-15(22)12(10(18)8-16)14(21)13(20)11(19)9-17/h10-14,16-21H,2-9H2,1H3/t10-,11-,12?,13?,14+/m0/s1. The molecule has 0 aromatic heterocycles. The molecule has 2 unspecified atom stereocenters. The summed E-state index contributed by atoms with van der Waals surface area (Å²) < 4.78 is 4.97. The first-order valence-corrected chi connectivity index (χ1v) is 8.01. The average Bonchev–Trinajstić information content (AvgIpc) is 2.56. The summed E-state index contributed by atoms with van der Waals surface area (Å²) in [4.78, 5) is 12.0. The van der Waals surface area contributed by atoms with E-state index in [1.165, 1.54) is 0 Å². The maximum atomic E-state index is 12.0. The zero-order chi connectivity index (χ0) is 17.8. The van der Waals surface area contributed by atoms with Gasteiger partial charge in [0.25, 0.3) is 0 Å². The van der Waals surface area contributed by atoms with Crippen molar-refractivity contribution in [3.05, 3.63) is 0 Å². The van der Waals surface area contributed by atoms with Crippen LogP contribution in [0.5, 0.6) is 0 Å². The molecule has 0 amide bonds. The van der Waals surface area contributed by atoms with Crippen LogP contribution in [0.1, 0.15) is 39.0 Å². The average molecular weight is 338 g/mol. The highest BCUT2D eigenvalue weighted by Crippen LogP contribution is 2.18. The number of esters is 1. The Morgan fingerprint density at radius 3 is 1.96 bits per heavy atom. The molecule has 6 N–H and O–H groups in total. The molecular weight excluding hydrogens is 308 g/mol. The van der Waals surface area contributed by atoms with Gasteiger partial charge in [-0.3, -0.25) is 4.79 Å². The maximum absolute atomic E-state index is 12.0. The third kappa shape index (κ3) is 8.05. The summed E-state index contributed by atoms with van der Waals surface area (Å²) in [6.07, 6.45) is -2.38. The number of rotatable bonds is 13. The second kappa shape index (κ2) is 12.6. The number of carbonyl (C=O) groups is 1. The van der Waals surface area contributed by atoms with E-state index < -0.39 is 49.5 Å². The van der Waals surface area contributed by atoms with Gasteiger partial charge in [0.15, 0.2) is 0 Å². The van der Waals surface area contributed by atoms with Crippen LogP contribution in [0.3, 0.4) is 0 Å². The lowest BCUT2D eigenvalue weighted by atomic mass is 9.90. The molecule has 0 aliphatic carbocycles. The molecule has 0 saturated carbocycles. The molecule has 0 heterocycles. The quantitative estimate of drug-likeness (QED) is 0.176. The smallest absolute Gasteiger partial charge is 0.314 e. The Balaban J connectivity index is 4.55. The number of ether oxygens (including phenoxy) is 1. The lowest BCUT2D eigenvalue weighted by molar-refractivity contribution is -0.170. The summed E-state index contributed by atoms with van der Waals surface area (Å²) in [6.45, 7) is 0.527. The molecule has 138 valence electrons. The lowest BCUT2D eigenvalue weighted by Gasteiger charge is -2.29. The van der Waals surface area contributed by atoms with Gasteiger partial charge in [-0.1, -0.05) is 32.6 Å². The van der Waals surface area contributed by atoms with Crippen molar-refractivity contribution in [1.29, 1.82) is 0 Å². The summed E-state index contributed by atoms with van der Waals surface area (Å²) >= 11 is 0. The van der Waals surface area contributed by atoms with Crippen molar-refractivity contribution in [2.24, 2.45) is 5.92 Å². The van der Waals surface area contributed by atoms with Crippen molar-refractivity contribution in [2.75, 3.05) is 19.8 Å². The van der Waals surface area contributed by atoms with Gasteiger partial charge in [-0.25, -0.2) is 0 Å². The van der Waals surface area contributed by atoms with Crippen LogP contribution in [0.4, 0.5) is 0 Å². The molecule has 5 atom stereocenters. The van der Waals surface area contributed by atoms with Crippen molar-refractivity contribution >= 4 is 5.97 Å². The third-order valence-electron chi connectivity index (χ3n) is 3.67. The molecule has 23 heavy (non-hydrogen) atoms. The Labute approximate surface area is 136 Å². The molecule has 8 nitrogen and oxygen atoms in total. The highest BCUT2D eigenvalue weighted by molar-refractivity contribution is 5.74. The first-order valence-electron chi connectivity index (χ1n) is 8.01. The van der Waals surface area contributed by atoms with E-state index in [4.69, 9.17) is 14.9 Å². The van der Waals surface area contributed by atoms with E-state index in [9.17, 15) is 25.2 Å². The van der Waals surface area contributed by atoms with Crippen LogP contribution in [0.15, 0.2) is 0 Å². The topological polar surface area (TPSA) is 148 Å². The minimum atomic E-state index is -1.88. The van der Waals surface area contributed by atoms with Crippen molar-refractivity contribution in [3.63, 3.8) is 0 Å². The maximum Gasteiger partial charge on any atom is 0.314 e. The van der Waals surface area contributed by atoms with E-state index >= 15 is 0 Å². The second-order valence-electron chi connectivity index (χ2n) is 5.59. The first-order chi connectivity index (χ1) is 10.9. The van der Waals surface area contributed by atoms with Gasteiger partial charge >= 0.3 is 5.97 Å². The molecule has 0 rings (SSSR count). The fourth-order valence-electron chi connectivity index (χ4n) is 2.16. The van der Waals surface area contributed by atoms with Crippen LogP contribution in [0.25, 0.3) is 0 Å².